The van der Waals surface area contributed by atoms with Crippen molar-refractivity contribution in [2.45, 2.75) is 11.6 Å². The zero-order chi connectivity index (χ0) is 13.0. The summed E-state index contributed by atoms with van der Waals surface area (Å²) in [7, 11) is 0. The smallest absolute Gasteiger partial charge is 0.254 e. The number of amides is 1. The lowest BCUT2D eigenvalue weighted by Crippen LogP contribution is -2.23. The highest BCUT2D eigenvalue weighted by atomic mass is 35.5. The van der Waals surface area contributed by atoms with Gasteiger partial charge >= 0.3 is 0 Å². The van der Waals surface area contributed by atoms with Gasteiger partial charge in [-0.2, -0.15) is 0 Å². The lowest BCUT2D eigenvalue weighted by atomic mass is 10.2. The molecule has 94 valence electrons. The van der Waals surface area contributed by atoms with Crippen LogP contribution in [0.5, 0.6) is 0 Å². The maximum absolute atomic E-state index is 12.0. The Morgan fingerprint density at radius 2 is 2.33 bits per heavy atom. The molecule has 1 amide bonds. The fourth-order valence-corrected chi connectivity index (χ4v) is 3.01. The fraction of sp³-hybridized carbons (Fsp3) is 0.167. The van der Waals surface area contributed by atoms with Gasteiger partial charge in [-0.15, -0.1) is 23.1 Å². The average molecular weight is 299 g/mol. The van der Waals surface area contributed by atoms with Gasteiger partial charge in [-0.25, -0.2) is 4.98 Å². The van der Waals surface area contributed by atoms with Crippen molar-refractivity contribution in [2.24, 2.45) is 0 Å². The molecule has 0 aliphatic heterocycles. The summed E-state index contributed by atoms with van der Waals surface area (Å²) >= 11 is 8.76. The van der Waals surface area contributed by atoms with Crippen molar-refractivity contribution < 1.29 is 4.79 Å². The van der Waals surface area contributed by atoms with Crippen LogP contribution in [-0.2, 0) is 6.54 Å². The summed E-state index contributed by atoms with van der Waals surface area (Å²) in [4.78, 5) is 17.2. The van der Waals surface area contributed by atoms with E-state index >= 15 is 0 Å². The van der Waals surface area contributed by atoms with Crippen molar-refractivity contribution in [3.8, 4) is 0 Å². The van der Waals surface area contributed by atoms with Gasteiger partial charge < -0.3 is 5.32 Å². The number of thiophene rings is 1. The third kappa shape index (κ3) is 3.25. The van der Waals surface area contributed by atoms with Gasteiger partial charge in [0.15, 0.2) is 0 Å². The van der Waals surface area contributed by atoms with Gasteiger partial charge in [0.1, 0.15) is 5.03 Å². The molecule has 2 aromatic heterocycles. The Hall–Kier alpha value is -1.04. The molecule has 0 saturated carbocycles. The highest BCUT2D eigenvalue weighted by Gasteiger charge is 2.11. The monoisotopic (exact) mass is 298 g/mol. The van der Waals surface area contributed by atoms with Crippen molar-refractivity contribution in [1.82, 2.24) is 10.3 Å². The van der Waals surface area contributed by atoms with Crippen LogP contribution in [0, 0.1) is 0 Å². The van der Waals surface area contributed by atoms with E-state index in [-0.39, 0.29) is 5.91 Å². The third-order valence-electron chi connectivity index (χ3n) is 2.26. The van der Waals surface area contributed by atoms with Crippen LogP contribution in [0.3, 0.4) is 0 Å². The van der Waals surface area contributed by atoms with Crippen LogP contribution in [0.4, 0.5) is 0 Å². The number of pyridine rings is 1. The van der Waals surface area contributed by atoms with Crippen LogP contribution < -0.4 is 5.32 Å². The zero-order valence-corrected chi connectivity index (χ0v) is 12.0. The van der Waals surface area contributed by atoms with Crippen LogP contribution in [-0.4, -0.2) is 17.1 Å². The van der Waals surface area contributed by atoms with Crippen molar-refractivity contribution in [3.05, 3.63) is 45.2 Å². The first-order valence-corrected chi connectivity index (χ1v) is 7.64. The number of carbonyl (C=O) groups excluding carboxylic acids is 1. The fourth-order valence-electron chi connectivity index (χ4n) is 1.44. The first kappa shape index (κ1) is 13.4. The standard InChI is InChI=1S/C12H11ClN2OS2/c1-17-12-9(3-2-6-14-12)11(16)15-7-8-4-5-10(13)18-8/h2-6H,7H2,1H3,(H,15,16). The van der Waals surface area contributed by atoms with E-state index < -0.39 is 0 Å². The molecular formula is C12H11ClN2OS2. The summed E-state index contributed by atoms with van der Waals surface area (Å²) in [5, 5.41) is 3.60. The number of hydrogen-bond acceptors (Lipinski definition) is 4. The molecule has 0 saturated heterocycles. The largest absolute Gasteiger partial charge is 0.347 e. The van der Waals surface area contributed by atoms with Crippen molar-refractivity contribution in [2.75, 3.05) is 6.26 Å². The van der Waals surface area contributed by atoms with Crippen LogP contribution >= 0.6 is 34.7 Å². The number of halogens is 1. The van der Waals surface area contributed by atoms with E-state index in [1.807, 2.05) is 18.4 Å². The van der Waals surface area contributed by atoms with Gasteiger partial charge in [0.2, 0.25) is 0 Å². The van der Waals surface area contributed by atoms with E-state index in [4.69, 9.17) is 11.6 Å². The summed E-state index contributed by atoms with van der Waals surface area (Å²) in [6, 6.07) is 7.27. The quantitative estimate of drug-likeness (QED) is 0.879. The summed E-state index contributed by atoms with van der Waals surface area (Å²) in [5.41, 5.74) is 0.604. The maximum atomic E-state index is 12.0. The number of carbonyl (C=O) groups is 1. The Kier molecular flexibility index (Phi) is 4.63. The topological polar surface area (TPSA) is 42.0 Å². The maximum Gasteiger partial charge on any atom is 0.254 e. The first-order chi connectivity index (χ1) is 8.70. The molecule has 0 atom stereocenters. The second-order valence-corrected chi connectivity index (χ2v) is 6.04. The molecule has 3 nitrogen and oxygen atoms in total. The van der Waals surface area contributed by atoms with E-state index in [0.717, 1.165) is 14.2 Å². The molecule has 0 aliphatic carbocycles. The minimum absolute atomic E-state index is 0.114. The van der Waals surface area contributed by atoms with Gasteiger partial charge in [0, 0.05) is 11.1 Å². The number of nitrogens with one attached hydrogen (secondary N) is 1. The predicted molar refractivity (Wildman–Crippen MR) is 76.5 cm³/mol. The first-order valence-electron chi connectivity index (χ1n) is 5.22. The molecule has 0 bridgehead atoms. The van der Waals surface area contributed by atoms with Crippen molar-refractivity contribution in [1.29, 1.82) is 0 Å². The molecule has 6 heteroatoms. The summed E-state index contributed by atoms with van der Waals surface area (Å²) in [6.07, 6.45) is 3.58. The van der Waals surface area contributed by atoms with E-state index in [2.05, 4.69) is 10.3 Å². The molecule has 0 spiro atoms. The van der Waals surface area contributed by atoms with Crippen LogP contribution in [0.1, 0.15) is 15.2 Å². The Morgan fingerprint density at radius 3 is 3.00 bits per heavy atom. The normalized spacial score (nSPS) is 10.3. The molecule has 0 unspecified atom stereocenters. The van der Waals surface area contributed by atoms with Crippen LogP contribution in [0.15, 0.2) is 35.5 Å². The van der Waals surface area contributed by atoms with Crippen molar-refractivity contribution in [3.63, 3.8) is 0 Å². The summed E-state index contributed by atoms with van der Waals surface area (Å²) in [5.74, 6) is -0.114. The van der Waals surface area contributed by atoms with E-state index in [9.17, 15) is 4.79 Å². The van der Waals surface area contributed by atoms with E-state index in [1.54, 1.807) is 18.3 Å². The van der Waals surface area contributed by atoms with Crippen molar-refractivity contribution >= 4 is 40.6 Å². The highest BCUT2D eigenvalue weighted by molar-refractivity contribution is 7.98. The molecular weight excluding hydrogens is 288 g/mol. The Bertz CT molecular complexity index is 557. The molecule has 18 heavy (non-hydrogen) atoms. The number of aromatic nitrogens is 1. The Labute approximate surface area is 119 Å². The SMILES string of the molecule is CSc1ncccc1C(=O)NCc1ccc(Cl)s1. The minimum Gasteiger partial charge on any atom is -0.347 e. The minimum atomic E-state index is -0.114. The van der Waals surface area contributed by atoms with Gasteiger partial charge in [-0.05, 0) is 30.5 Å². The molecule has 0 radical (unpaired) electrons. The van der Waals surface area contributed by atoms with Crippen LogP contribution in [0.2, 0.25) is 4.34 Å². The molecule has 2 rings (SSSR count). The second-order valence-electron chi connectivity index (χ2n) is 3.45. The molecule has 0 fully saturated rings. The Balaban J connectivity index is 2.03. The number of nitrogens with zero attached hydrogens (tertiary/aromatic N) is 1. The third-order valence-corrected chi connectivity index (χ3v) is 4.20. The van der Waals surface area contributed by atoms with Gasteiger partial charge in [0.25, 0.3) is 5.91 Å². The molecule has 2 aromatic rings. The lowest BCUT2D eigenvalue weighted by Gasteiger charge is -2.06. The number of hydrogen-bond donors (Lipinski definition) is 1. The summed E-state index contributed by atoms with van der Waals surface area (Å²) in [6.45, 7) is 0.485. The molecule has 0 aromatic carbocycles. The van der Waals surface area contributed by atoms with Gasteiger partial charge in [-0.3, -0.25) is 4.79 Å². The predicted octanol–water partition coefficient (Wildman–Crippen LogP) is 3.45. The van der Waals surface area contributed by atoms with Gasteiger partial charge in [0.05, 0.1) is 16.4 Å². The number of thioether (sulfide) groups is 1. The number of rotatable bonds is 4. The highest BCUT2D eigenvalue weighted by Crippen LogP contribution is 2.21. The second kappa shape index (κ2) is 6.22. The molecule has 2 heterocycles. The lowest BCUT2D eigenvalue weighted by molar-refractivity contribution is 0.0947. The molecule has 1 N–H and O–H groups in total. The van der Waals surface area contributed by atoms with E-state index in [0.29, 0.717) is 12.1 Å². The van der Waals surface area contributed by atoms with E-state index in [1.165, 1.54) is 23.1 Å². The average Bonchev–Trinajstić information content (AvgIpc) is 2.81. The zero-order valence-electron chi connectivity index (χ0n) is 9.64. The summed E-state index contributed by atoms with van der Waals surface area (Å²) < 4.78 is 0.727. The van der Waals surface area contributed by atoms with Gasteiger partial charge in [-0.1, -0.05) is 11.6 Å². The molecule has 0 aliphatic rings. The van der Waals surface area contributed by atoms with Crippen LogP contribution in [0.25, 0.3) is 0 Å². The Morgan fingerprint density at radius 1 is 1.50 bits per heavy atom.